The Morgan fingerprint density at radius 3 is 2.40 bits per heavy atom. The highest BCUT2D eigenvalue weighted by Gasteiger charge is 2.16. The van der Waals surface area contributed by atoms with Crippen LogP contribution in [0.1, 0.15) is 29.3 Å². The fourth-order valence-corrected chi connectivity index (χ4v) is 3.37. The van der Waals surface area contributed by atoms with Gasteiger partial charge in [0.25, 0.3) is 0 Å². The Bertz CT molecular complexity index is 1020. The van der Waals surface area contributed by atoms with E-state index >= 15 is 0 Å². The summed E-state index contributed by atoms with van der Waals surface area (Å²) in [7, 11) is 1.91. The van der Waals surface area contributed by atoms with Crippen LogP contribution < -0.4 is 10.6 Å². The summed E-state index contributed by atoms with van der Waals surface area (Å²) < 4.78 is 0. The maximum Gasteiger partial charge on any atom is 0.242 e. The van der Waals surface area contributed by atoms with E-state index in [1.807, 2.05) is 65.4 Å². The third-order valence-electron chi connectivity index (χ3n) is 5.15. The molecule has 1 aromatic heterocycles. The second-order valence-electron chi connectivity index (χ2n) is 7.47. The first-order chi connectivity index (χ1) is 14.5. The molecule has 6 nitrogen and oxygen atoms in total. The van der Waals surface area contributed by atoms with Crippen LogP contribution in [0.4, 0.5) is 5.69 Å². The number of carbonyl (C=O) groups excluding carboxylic acids is 2. The highest BCUT2D eigenvalue weighted by atomic mass is 16.2. The minimum atomic E-state index is 0.0507. The van der Waals surface area contributed by atoms with Gasteiger partial charge in [0.1, 0.15) is 0 Å². The van der Waals surface area contributed by atoms with Gasteiger partial charge in [0.05, 0.1) is 6.54 Å². The summed E-state index contributed by atoms with van der Waals surface area (Å²) >= 11 is 0. The number of aromatic nitrogens is 1. The summed E-state index contributed by atoms with van der Waals surface area (Å²) in [6, 6.07) is 15.5. The van der Waals surface area contributed by atoms with E-state index in [1.165, 1.54) is 0 Å². The monoisotopic (exact) mass is 404 g/mol. The van der Waals surface area contributed by atoms with Crippen molar-refractivity contribution in [1.82, 2.24) is 9.88 Å². The molecule has 0 atom stereocenters. The van der Waals surface area contributed by atoms with Gasteiger partial charge in [-0.2, -0.15) is 0 Å². The van der Waals surface area contributed by atoms with Crippen molar-refractivity contribution < 1.29 is 9.59 Å². The lowest BCUT2D eigenvalue weighted by Gasteiger charge is -2.27. The first-order valence-corrected chi connectivity index (χ1v) is 10.1. The van der Waals surface area contributed by atoms with Crippen molar-refractivity contribution in [3.63, 3.8) is 0 Å². The first kappa shape index (κ1) is 21.5. The Kier molecular flexibility index (Phi) is 7.14. The largest absolute Gasteiger partial charge is 0.365 e. The molecule has 30 heavy (non-hydrogen) atoms. The highest BCUT2D eigenvalue weighted by Crippen LogP contribution is 2.23. The lowest BCUT2D eigenvalue weighted by atomic mass is 10.0. The number of benzene rings is 2. The molecular formula is C24H28N4O2. The van der Waals surface area contributed by atoms with Crippen molar-refractivity contribution >= 4 is 28.2 Å². The minimum absolute atomic E-state index is 0.0507. The zero-order chi connectivity index (χ0) is 21.5. The van der Waals surface area contributed by atoms with E-state index < -0.39 is 0 Å². The molecule has 0 unspecified atom stereocenters. The van der Waals surface area contributed by atoms with E-state index in [9.17, 15) is 9.59 Å². The zero-order valence-corrected chi connectivity index (χ0v) is 17.5. The normalized spacial score (nSPS) is 10.8. The molecule has 0 saturated heterocycles. The number of hydrogen-bond donors (Lipinski definition) is 1. The van der Waals surface area contributed by atoms with Crippen molar-refractivity contribution in [3.8, 4) is 0 Å². The van der Waals surface area contributed by atoms with E-state index in [1.54, 1.807) is 19.3 Å². The van der Waals surface area contributed by atoms with Crippen LogP contribution in [-0.2, 0) is 11.3 Å². The SMILES string of the molecule is CC(=O)c1ccc2cc(N(C)CC(=O)N(CCCN)Cc3ccncc3)ccc2c1. The average Bonchev–Trinajstić information content (AvgIpc) is 2.76. The zero-order valence-electron chi connectivity index (χ0n) is 17.5. The lowest BCUT2D eigenvalue weighted by molar-refractivity contribution is -0.130. The quantitative estimate of drug-likeness (QED) is 0.554. The van der Waals surface area contributed by atoms with Crippen molar-refractivity contribution in [2.75, 3.05) is 31.6 Å². The Hall–Kier alpha value is -3.25. The molecule has 2 aromatic carbocycles. The van der Waals surface area contributed by atoms with Crippen LogP contribution in [0, 0.1) is 0 Å². The van der Waals surface area contributed by atoms with Gasteiger partial charge in [-0.15, -0.1) is 0 Å². The van der Waals surface area contributed by atoms with Crippen LogP contribution in [0.2, 0.25) is 0 Å². The second-order valence-corrected chi connectivity index (χ2v) is 7.47. The summed E-state index contributed by atoms with van der Waals surface area (Å²) in [5.74, 6) is 0.102. The number of anilines is 1. The third-order valence-corrected chi connectivity index (χ3v) is 5.15. The number of Topliss-reactive ketones (excluding diaryl/α,β-unsaturated/α-hetero) is 1. The Labute approximate surface area is 177 Å². The number of fused-ring (bicyclic) bond motifs is 1. The van der Waals surface area contributed by atoms with Crippen LogP contribution in [0.25, 0.3) is 10.8 Å². The predicted molar refractivity (Wildman–Crippen MR) is 121 cm³/mol. The number of pyridine rings is 1. The molecule has 3 aromatic rings. The predicted octanol–water partition coefficient (Wildman–Crippen LogP) is 3.25. The van der Waals surface area contributed by atoms with Gasteiger partial charge in [-0.1, -0.05) is 18.2 Å². The smallest absolute Gasteiger partial charge is 0.242 e. The number of ketones is 1. The molecule has 0 spiro atoms. The summed E-state index contributed by atoms with van der Waals surface area (Å²) in [4.78, 5) is 32.4. The molecule has 0 aliphatic carbocycles. The van der Waals surface area contributed by atoms with Gasteiger partial charge in [0, 0.05) is 43.8 Å². The maximum absolute atomic E-state index is 13.0. The number of rotatable bonds is 9. The van der Waals surface area contributed by atoms with Gasteiger partial charge in [0.15, 0.2) is 5.78 Å². The van der Waals surface area contributed by atoms with E-state index in [4.69, 9.17) is 5.73 Å². The van der Waals surface area contributed by atoms with Gasteiger partial charge >= 0.3 is 0 Å². The molecule has 1 amide bonds. The van der Waals surface area contributed by atoms with Gasteiger partial charge in [-0.3, -0.25) is 14.6 Å². The topological polar surface area (TPSA) is 79.5 Å². The summed E-state index contributed by atoms with van der Waals surface area (Å²) in [6.45, 7) is 3.55. The molecular weight excluding hydrogens is 376 g/mol. The lowest BCUT2D eigenvalue weighted by Crippen LogP contribution is -2.39. The molecule has 0 radical (unpaired) electrons. The van der Waals surface area contributed by atoms with Crippen molar-refractivity contribution in [2.45, 2.75) is 19.9 Å². The van der Waals surface area contributed by atoms with Gasteiger partial charge in [-0.05, 0) is 66.6 Å². The molecule has 0 fully saturated rings. The van der Waals surface area contributed by atoms with E-state index in [0.717, 1.165) is 28.4 Å². The molecule has 0 aliphatic heterocycles. The molecule has 2 N–H and O–H groups in total. The van der Waals surface area contributed by atoms with E-state index in [0.29, 0.717) is 25.2 Å². The number of hydrogen-bond acceptors (Lipinski definition) is 5. The average molecular weight is 405 g/mol. The van der Waals surface area contributed by atoms with Crippen LogP contribution in [0.5, 0.6) is 0 Å². The van der Waals surface area contributed by atoms with E-state index in [-0.39, 0.29) is 18.2 Å². The molecule has 6 heteroatoms. The molecule has 0 aliphatic rings. The number of likely N-dealkylation sites (N-methyl/N-ethyl adjacent to an activating group) is 1. The second kappa shape index (κ2) is 9.98. The Morgan fingerprint density at radius 1 is 1.00 bits per heavy atom. The number of carbonyl (C=O) groups is 2. The first-order valence-electron chi connectivity index (χ1n) is 10.1. The molecule has 3 rings (SSSR count). The fraction of sp³-hybridized carbons (Fsp3) is 0.292. The number of amides is 1. The van der Waals surface area contributed by atoms with Crippen LogP contribution >= 0.6 is 0 Å². The fourth-order valence-electron chi connectivity index (χ4n) is 3.37. The highest BCUT2D eigenvalue weighted by molar-refractivity contribution is 5.99. The van der Waals surface area contributed by atoms with Crippen LogP contribution in [0.15, 0.2) is 60.9 Å². The number of nitrogens with zero attached hydrogens (tertiary/aromatic N) is 3. The molecule has 1 heterocycles. The minimum Gasteiger partial charge on any atom is -0.365 e. The number of nitrogens with two attached hydrogens (primary N) is 1. The van der Waals surface area contributed by atoms with Crippen molar-refractivity contribution in [1.29, 1.82) is 0 Å². The Morgan fingerprint density at radius 2 is 1.70 bits per heavy atom. The van der Waals surface area contributed by atoms with Crippen LogP contribution in [0.3, 0.4) is 0 Å². The summed E-state index contributed by atoms with van der Waals surface area (Å²) in [5.41, 5.74) is 8.36. The molecule has 0 saturated carbocycles. The van der Waals surface area contributed by atoms with Crippen molar-refractivity contribution in [3.05, 3.63) is 72.1 Å². The van der Waals surface area contributed by atoms with Gasteiger partial charge < -0.3 is 15.5 Å². The maximum atomic E-state index is 13.0. The van der Waals surface area contributed by atoms with Crippen molar-refractivity contribution in [2.24, 2.45) is 5.73 Å². The Balaban J connectivity index is 1.73. The summed E-state index contributed by atoms with van der Waals surface area (Å²) in [5, 5.41) is 2.04. The van der Waals surface area contributed by atoms with Gasteiger partial charge in [-0.25, -0.2) is 0 Å². The summed E-state index contributed by atoms with van der Waals surface area (Å²) in [6.07, 6.45) is 4.23. The van der Waals surface area contributed by atoms with E-state index in [2.05, 4.69) is 4.98 Å². The standard InChI is InChI=1S/C24H28N4O2/c1-18(29)20-4-5-22-15-23(7-6-21(22)14-20)27(2)17-24(30)28(13-3-10-25)16-19-8-11-26-12-9-19/h4-9,11-12,14-15H,3,10,13,16-17,25H2,1-2H3. The van der Waals surface area contributed by atoms with Crippen LogP contribution in [-0.4, -0.2) is 48.3 Å². The molecule has 156 valence electrons. The molecule has 0 bridgehead atoms. The third kappa shape index (κ3) is 5.42. The van der Waals surface area contributed by atoms with Gasteiger partial charge in [0.2, 0.25) is 5.91 Å².